The van der Waals surface area contributed by atoms with Gasteiger partial charge < -0.3 is 4.90 Å². The summed E-state index contributed by atoms with van der Waals surface area (Å²) in [6, 6.07) is 2.30. The molecule has 0 saturated heterocycles. The molecule has 0 aliphatic carbocycles. The highest BCUT2D eigenvalue weighted by Crippen LogP contribution is 2.39. The van der Waals surface area contributed by atoms with Crippen LogP contribution in [-0.4, -0.2) is 7.05 Å². The predicted octanol–water partition coefficient (Wildman–Crippen LogP) is 6.23. The molecule has 0 bridgehead atoms. The molecule has 1 heteroatoms. The van der Waals surface area contributed by atoms with E-state index in [1.54, 1.807) is 0 Å². The van der Waals surface area contributed by atoms with Gasteiger partial charge in [0.1, 0.15) is 0 Å². The maximum Gasteiger partial charge on any atom is 0.0473 e. The Labute approximate surface area is 142 Å². The van der Waals surface area contributed by atoms with Crippen molar-refractivity contribution in [3.8, 4) is 0 Å². The number of nitrogens with zero attached hydrogens (tertiary/aromatic N) is 1. The molecule has 0 spiro atoms. The predicted molar refractivity (Wildman–Crippen MR) is 104 cm³/mol. The van der Waals surface area contributed by atoms with Crippen LogP contribution >= 0.6 is 0 Å². The van der Waals surface area contributed by atoms with E-state index in [4.69, 9.17) is 0 Å². The van der Waals surface area contributed by atoms with Crippen LogP contribution in [0.15, 0.2) is 6.07 Å². The third-order valence-electron chi connectivity index (χ3n) is 5.96. The highest BCUT2D eigenvalue weighted by Gasteiger charge is 2.20. The molecule has 0 saturated carbocycles. The summed E-state index contributed by atoms with van der Waals surface area (Å²) in [7, 11) is 2.22. The van der Waals surface area contributed by atoms with Gasteiger partial charge in [0.25, 0.3) is 0 Å². The first-order valence-electron chi connectivity index (χ1n) is 8.47. The zero-order chi connectivity index (χ0) is 17.6. The number of benzene rings is 2. The Morgan fingerprint density at radius 1 is 0.478 bits per heavy atom. The maximum absolute atomic E-state index is 2.41. The van der Waals surface area contributed by atoms with Crippen LogP contribution in [0.5, 0.6) is 0 Å². The van der Waals surface area contributed by atoms with Gasteiger partial charge in [-0.05, 0) is 112 Å². The number of hydrogen-bond donors (Lipinski definition) is 0. The second kappa shape index (κ2) is 6.03. The third kappa shape index (κ3) is 2.67. The lowest BCUT2D eigenvalue weighted by molar-refractivity contribution is 1.07. The first-order chi connectivity index (χ1) is 10.6. The molecule has 0 radical (unpaired) electrons. The normalized spacial score (nSPS) is 11.0. The summed E-state index contributed by atoms with van der Waals surface area (Å²) < 4.78 is 0. The molecule has 2 aromatic rings. The molecular formula is C22H31N. The number of rotatable bonds is 2. The van der Waals surface area contributed by atoms with E-state index < -0.39 is 0 Å². The van der Waals surface area contributed by atoms with Gasteiger partial charge in [0.2, 0.25) is 0 Å². The smallest absolute Gasteiger partial charge is 0.0473 e. The topological polar surface area (TPSA) is 3.24 Å². The molecule has 124 valence electrons. The average Bonchev–Trinajstić information content (AvgIpc) is 2.49. The standard InChI is InChI=1S/C22H31N/c1-12-11-13(2)15(4)21(14(12)3)23(10)22-19(8)17(6)16(5)18(7)20(22)9/h11H,1-10H3. The SMILES string of the molecule is Cc1cc(C)c(C)c(N(C)c2c(C)c(C)c(C)c(C)c2C)c1C. The quantitative estimate of drug-likeness (QED) is 0.635. The summed E-state index contributed by atoms with van der Waals surface area (Å²) in [5.41, 5.74) is 15.2. The molecule has 0 aromatic heterocycles. The molecule has 2 rings (SSSR count). The van der Waals surface area contributed by atoms with E-state index in [1.165, 1.54) is 61.4 Å². The van der Waals surface area contributed by atoms with Crippen molar-refractivity contribution in [1.29, 1.82) is 0 Å². The third-order valence-corrected chi connectivity index (χ3v) is 5.96. The van der Waals surface area contributed by atoms with E-state index in [2.05, 4.69) is 80.3 Å². The summed E-state index contributed by atoms with van der Waals surface area (Å²) in [6.45, 7) is 20.2. The monoisotopic (exact) mass is 309 g/mol. The van der Waals surface area contributed by atoms with Gasteiger partial charge in [-0.1, -0.05) is 6.07 Å². The largest absolute Gasteiger partial charge is 0.344 e. The fraction of sp³-hybridized carbons (Fsp3) is 0.455. The van der Waals surface area contributed by atoms with Gasteiger partial charge in [0.15, 0.2) is 0 Å². The molecule has 0 fully saturated rings. The van der Waals surface area contributed by atoms with E-state index in [1.807, 2.05) is 0 Å². The van der Waals surface area contributed by atoms with Crippen molar-refractivity contribution in [2.45, 2.75) is 62.3 Å². The van der Waals surface area contributed by atoms with Crippen molar-refractivity contribution in [3.05, 3.63) is 56.1 Å². The van der Waals surface area contributed by atoms with Crippen LogP contribution in [0.3, 0.4) is 0 Å². The van der Waals surface area contributed by atoms with Gasteiger partial charge in [-0.15, -0.1) is 0 Å². The first-order valence-corrected chi connectivity index (χ1v) is 8.47. The summed E-state index contributed by atoms with van der Waals surface area (Å²) in [4.78, 5) is 2.41. The number of hydrogen-bond acceptors (Lipinski definition) is 1. The fourth-order valence-electron chi connectivity index (χ4n) is 3.79. The van der Waals surface area contributed by atoms with Gasteiger partial charge >= 0.3 is 0 Å². The van der Waals surface area contributed by atoms with Gasteiger partial charge in [0.05, 0.1) is 0 Å². The Morgan fingerprint density at radius 3 is 1.17 bits per heavy atom. The van der Waals surface area contributed by atoms with Crippen molar-refractivity contribution in [3.63, 3.8) is 0 Å². The molecule has 0 N–H and O–H groups in total. The highest BCUT2D eigenvalue weighted by molar-refractivity contribution is 5.77. The van der Waals surface area contributed by atoms with Gasteiger partial charge in [-0.25, -0.2) is 0 Å². The minimum Gasteiger partial charge on any atom is -0.344 e. The Morgan fingerprint density at radius 2 is 0.783 bits per heavy atom. The Hall–Kier alpha value is -1.76. The molecule has 0 heterocycles. The van der Waals surface area contributed by atoms with Crippen LogP contribution < -0.4 is 4.90 Å². The van der Waals surface area contributed by atoms with Crippen LogP contribution in [0.4, 0.5) is 11.4 Å². The molecule has 23 heavy (non-hydrogen) atoms. The van der Waals surface area contributed by atoms with Crippen molar-refractivity contribution >= 4 is 11.4 Å². The van der Waals surface area contributed by atoms with Crippen LogP contribution in [0.2, 0.25) is 0 Å². The summed E-state index contributed by atoms with van der Waals surface area (Å²) in [5, 5.41) is 0. The van der Waals surface area contributed by atoms with Crippen LogP contribution in [0, 0.1) is 62.3 Å². The number of anilines is 2. The fourth-order valence-corrected chi connectivity index (χ4v) is 3.79. The minimum absolute atomic E-state index is 1.36. The average molecular weight is 309 g/mol. The zero-order valence-corrected chi connectivity index (χ0v) is 16.5. The van der Waals surface area contributed by atoms with Gasteiger partial charge in [-0.2, -0.15) is 0 Å². The van der Waals surface area contributed by atoms with E-state index in [-0.39, 0.29) is 0 Å². The van der Waals surface area contributed by atoms with E-state index >= 15 is 0 Å². The lowest BCUT2D eigenvalue weighted by Gasteiger charge is -2.31. The van der Waals surface area contributed by atoms with Crippen LogP contribution in [0.1, 0.15) is 50.1 Å². The molecule has 0 unspecified atom stereocenters. The van der Waals surface area contributed by atoms with E-state index in [0.717, 1.165) is 0 Å². The van der Waals surface area contributed by atoms with Crippen LogP contribution in [-0.2, 0) is 0 Å². The van der Waals surface area contributed by atoms with Crippen molar-refractivity contribution in [1.82, 2.24) is 0 Å². The zero-order valence-electron chi connectivity index (χ0n) is 16.5. The molecular weight excluding hydrogens is 278 g/mol. The Bertz CT molecular complexity index is 726. The molecule has 1 nitrogen and oxygen atoms in total. The second-order valence-corrected chi connectivity index (χ2v) is 7.14. The Balaban J connectivity index is 2.80. The van der Waals surface area contributed by atoms with Gasteiger partial charge in [0, 0.05) is 18.4 Å². The summed E-state index contributed by atoms with van der Waals surface area (Å²) in [5.74, 6) is 0. The molecule has 0 aliphatic rings. The summed E-state index contributed by atoms with van der Waals surface area (Å²) in [6.07, 6.45) is 0. The van der Waals surface area contributed by atoms with Gasteiger partial charge in [-0.3, -0.25) is 0 Å². The second-order valence-electron chi connectivity index (χ2n) is 7.14. The number of aryl methyl sites for hydroxylation is 2. The first kappa shape index (κ1) is 17.6. The highest BCUT2D eigenvalue weighted by atomic mass is 15.1. The van der Waals surface area contributed by atoms with Crippen molar-refractivity contribution in [2.75, 3.05) is 11.9 Å². The van der Waals surface area contributed by atoms with Crippen molar-refractivity contribution in [2.24, 2.45) is 0 Å². The molecule has 2 aromatic carbocycles. The molecule has 0 atom stereocenters. The lowest BCUT2D eigenvalue weighted by atomic mass is 9.91. The van der Waals surface area contributed by atoms with E-state index in [0.29, 0.717) is 0 Å². The lowest BCUT2D eigenvalue weighted by Crippen LogP contribution is -2.18. The summed E-state index contributed by atoms with van der Waals surface area (Å²) >= 11 is 0. The molecule has 0 amide bonds. The molecule has 0 aliphatic heterocycles. The van der Waals surface area contributed by atoms with Crippen LogP contribution in [0.25, 0.3) is 0 Å². The Kier molecular flexibility index (Phi) is 4.61. The minimum atomic E-state index is 1.36. The van der Waals surface area contributed by atoms with Crippen molar-refractivity contribution < 1.29 is 0 Å². The van der Waals surface area contributed by atoms with E-state index in [9.17, 15) is 0 Å². The maximum atomic E-state index is 2.41.